The van der Waals surface area contributed by atoms with E-state index in [-0.39, 0.29) is 6.10 Å². The first-order valence-corrected chi connectivity index (χ1v) is 14.7. The van der Waals surface area contributed by atoms with Crippen LogP contribution in [-0.2, 0) is 0 Å². The van der Waals surface area contributed by atoms with Gasteiger partial charge in [0.15, 0.2) is 0 Å². The van der Waals surface area contributed by atoms with Crippen molar-refractivity contribution in [2.45, 2.75) is 137 Å². The number of aliphatic hydroxyl groups is 1. The Bertz CT molecular complexity index is 651. The first-order chi connectivity index (χ1) is 15.3. The average Bonchev–Trinajstić information content (AvgIpc) is 3.11. The smallest absolute Gasteiger partial charge is 0.0577 e. The molecule has 1 heteroatoms. The van der Waals surface area contributed by atoms with Crippen LogP contribution in [-0.4, -0.2) is 11.2 Å². The Balaban J connectivity index is 1.35. The first kappa shape index (κ1) is 24.8. The fourth-order valence-electron chi connectivity index (χ4n) is 9.49. The van der Waals surface area contributed by atoms with E-state index in [0.717, 1.165) is 48.3 Å². The molecule has 0 aromatic heterocycles. The highest BCUT2D eigenvalue weighted by Crippen LogP contribution is 2.67. The highest BCUT2D eigenvalue weighted by Gasteiger charge is 2.59. The van der Waals surface area contributed by atoms with E-state index in [0.29, 0.717) is 10.8 Å². The number of rotatable bonds is 9. The molecular formula is C31H54O. The van der Waals surface area contributed by atoms with Crippen molar-refractivity contribution in [1.82, 2.24) is 0 Å². The Morgan fingerprint density at radius 1 is 0.938 bits per heavy atom. The second kappa shape index (κ2) is 10.1. The third-order valence-electron chi connectivity index (χ3n) is 11.5. The zero-order valence-electron chi connectivity index (χ0n) is 22.2. The standard InChI is InChI=1S/C31H54O/c1-6-7-8-10-22(2)11-9-12-23(3)27-15-16-28-26-14-13-24-21-25(32)17-19-30(24,4)29(26)18-20-31(27,28)5/h13,22-23,25-29,32H,6-12,14-21H2,1-5H3/t22?,23?,25-,26-,27+,28-,29-,30-,31+/m0/s1. The lowest BCUT2D eigenvalue weighted by molar-refractivity contribution is -0.0573. The summed E-state index contributed by atoms with van der Waals surface area (Å²) in [5.41, 5.74) is 2.60. The Morgan fingerprint density at radius 2 is 1.72 bits per heavy atom. The molecule has 9 atom stereocenters. The largest absolute Gasteiger partial charge is 0.393 e. The van der Waals surface area contributed by atoms with Crippen molar-refractivity contribution < 1.29 is 5.11 Å². The predicted octanol–water partition coefficient (Wildman–Crippen LogP) is 8.95. The van der Waals surface area contributed by atoms with Crippen molar-refractivity contribution in [3.63, 3.8) is 0 Å². The van der Waals surface area contributed by atoms with Gasteiger partial charge in [-0.25, -0.2) is 0 Å². The third-order valence-corrected chi connectivity index (χ3v) is 11.5. The summed E-state index contributed by atoms with van der Waals surface area (Å²) < 4.78 is 0. The van der Waals surface area contributed by atoms with Crippen molar-refractivity contribution >= 4 is 0 Å². The minimum atomic E-state index is -0.0780. The molecule has 0 heterocycles. The second-order valence-electron chi connectivity index (χ2n) is 13.4. The molecule has 0 saturated heterocycles. The lowest BCUT2D eigenvalue weighted by Crippen LogP contribution is -2.50. The monoisotopic (exact) mass is 442 g/mol. The van der Waals surface area contributed by atoms with Crippen molar-refractivity contribution in [2.75, 3.05) is 0 Å². The minimum absolute atomic E-state index is 0.0780. The van der Waals surface area contributed by atoms with Gasteiger partial charge in [-0.2, -0.15) is 0 Å². The summed E-state index contributed by atoms with van der Waals surface area (Å²) in [5.74, 6) is 5.52. The molecule has 1 nitrogen and oxygen atoms in total. The molecule has 32 heavy (non-hydrogen) atoms. The van der Waals surface area contributed by atoms with Crippen LogP contribution in [0.4, 0.5) is 0 Å². The molecule has 4 aliphatic rings. The van der Waals surface area contributed by atoms with Gasteiger partial charge >= 0.3 is 0 Å². The number of hydrogen-bond acceptors (Lipinski definition) is 1. The van der Waals surface area contributed by atoms with Crippen molar-refractivity contribution in [3.8, 4) is 0 Å². The Labute approximate surface area is 200 Å². The lowest BCUT2D eigenvalue weighted by Gasteiger charge is -2.58. The van der Waals surface area contributed by atoms with Gasteiger partial charge in [-0.15, -0.1) is 0 Å². The molecule has 0 aliphatic heterocycles. The summed E-state index contributed by atoms with van der Waals surface area (Å²) in [7, 11) is 0. The third kappa shape index (κ3) is 4.63. The van der Waals surface area contributed by atoms with Crippen LogP contribution in [0, 0.1) is 46.3 Å². The summed E-state index contributed by atoms with van der Waals surface area (Å²) >= 11 is 0. The molecule has 3 saturated carbocycles. The van der Waals surface area contributed by atoms with E-state index >= 15 is 0 Å². The normalized spacial score (nSPS) is 43.1. The maximum atomic E-state index is 10.3. The summed E-state index contributed by atoms with van der Waals surface area (Å²) in [4.78, 5) is 0. The van der Waals surface area contributed by atoms with Crippen molar-refractivity contribution in [3.05, 3.63) is 11.6 Å². The average molecular weight is 443 g/mol. The predicted molar refractivity (Wildman–Crippen MR) is 138 cm³/mol. The molecule has 2 unspecified atom stereocenters. The van der Waals surface area contributed by atoms with E-state index in [1.54, 1.807) is 5.57 Å². The summed E-state index contributed by atoms with van der Waals surface area (Å²) in [6, 6.07) is 0. The molecule has 0 spiro atoms. The molecule has 0 bridgehead atoms. The van der Waals surface area contributed by atoms with Gasteiger partial charge in [-0.05, 0) is 97.7 Å². The number of unbranched alkanes of at least 4 members (excludes halogenated alkanes) is 2. The molecule has 0 aromatic carbocycles. The molecule has 0 amide bonds. The van der Waals surface area contributed by atoms with Crippen LogP contribution in [0.15, 0.2) is 11.6 Å². The Kier molecular flexibility index (Phi) is 7.86. The van der Waals surface area contributed by atoms with E-state index in [1.165, 1.54) is 83.5 Å². The van der Waals surface area contributed by atoms with Crippen LogP contribution >= 0.6 is 0 Å². The molecular weight excluding hydrogens is 388 g/mol. The van der Waals surface area contributed by atoms with Gasteiger partial charge in [0.1, 0.15) is 0 Å². The second-order valence-corrected chi connectivity index (χ2v) is 13.4. The molecule has 0 aromatic rings. The van der Waals surface area contributed by atoms with Crippen LogP contribution < -0.4 is 0 Å². The molecule has 184 valence electrons. The number of fused-ring (bicyclic) bond motifs is 5. The van der Waals surface area contributed by atoms with Gasteiger partial charge in [0.05, 0.1) is 6.10 Å². The van der Waals surface area contributed by atoms with Crippen LogP contribution in [0.5, 0.6) is 0 Å². The van der Waals surface area contributed by atoms with Gasteiger partial charge in [-0.1, -0.05) is 91.2 Å². The fraction of sp³-hybridized carbons (Fsp3) is 0.935. The molecule has 4 rings (SSSR count). The fourth-order valence-corrected chi connectivity index (χ4v) is 9.49. The van der Waals surface area contributed by atoms with E-state index < -0.39 is 0 Å². The van der Waals surface area contributed by atoms with E-state index in [1.807, 2.05) is 0 Å². The van der Waals surface area contributed by atoms with Crippen LogP contribution in [0.25, 0.3) is 0 Å². The number of aliphatic hydroxyl groups excluding tert-OH is 1. The zero-order valence-corrected chi connectivity index (χ0v) is 22.2. The maximum Gasteiger partial charge on any atom is 0.0577 e. The number of allylic oxidation sites excluding steroid dienone is 1. The van der Waals surface area contributed by atoms with E-state index in [2.05, 4.69) is 40.7 Å². The summed E-state index contributed by atoms with van der Waals surface area (Å²) in [6.07, 6.45) is 22.9. The Hall–Kier alpha value is -0.300. The highest BCUT2D eigenvalue weighted by molar-refractivity contribution is 5.25. The molecule has 1 N–H and O–H groups in total. The van der Waals surface area contributed by atoms with Gasteiger partial charge in [0, 0.05) is 0 Å². The zero-order chi connectivity index (χ0) is 22.9. The number of hydrogen-bond donors (Lipinski definition) is 1. The van der Waals surface area contributed by atoms with E-state index in [4.69, 9.17) is 0 Å². The maximum absolute atomic E-state index is 10.3. The first-order valence-electron chi connectivity index (χ1n) is 14.7. The van der Waals surface area contributed by atoms with Gasteiger partial charge in [0.25, 0.3) is 0 Å². The quantitative estimate of drug-likeness (QED) is 0.279. The topological polar surface area (TPSA) is 20.2 Å². The molecule has 0 radical (unpaired) electrons. The van der Waals surface area contributed by atoms with E-state index in [9.17, 15) is 5.11 Å². The van der Waals surface area contributed by atoms with Gasteiger partial charge in [0.2, 0.25) is 0 Å². The van der Waals surface area contributed by atoms with Gasteiger partial charge in [-0.3, -0.25) is 0 Å². The summed E-state index contributed by atoms with van der Waals surface area (Å²) in [6.45, 7) is 12.7. The van der Waals surface area contributed by atoms with Crippen LogP contribution in [0.3, 0.4) is 0 Å². The van der Waals surface area contributed by atoms with Crippen LogP contribution in [0.2, 0.25) is 0 Å². The minimum Gasteiger partial charge on any atom is -0.393 e. The highest BCUT2D eigenvalue weighted by atomic mass is 16.3. The molecule has 3 fully saturated rings. The molecule has 4 aliphatic carbocycles. The van der Waals surface area contributed by atoms with Gasteiger partial charge < -0.3 is 5.11 Å². The lowest BCUT2D eigenvalue weighted by atomic mass is 9.47. The van der Waals surface area contributed by atoms with Crippen molar-refractivity contribution in [1.29, 1.82) is 0 Å². The summed E-state index contributed by atoms with van der Waals surface area (Å²) in [5, 5.41) is 10.3. The SMILES string of the molecule is CCCCCC(C)CCCC(C)[C@H]1CC[C@H]2[C@@H]3CC=C4C[C@@H](O)CC[C@]4(C)[C@H]3CC[C@]12C. The van der Waals surface area contributed by atoms with Crippen molar-refractivity contribution in [2.24, 2.45) is 46.3 Å². The Morgan fingerprint density at radius 3 is 2.50 bits per heavy atom. The van der Waals surface area contributed by atoms with Crippen LogP contribution in [0.1, 0.15) is 131 Å².